The molecule has 2 aromatic heterocycles. The van der Waals surface area contributed by atoms with E-state index in [4.69, 9.17) is 29.6 Å². The second-order valence-electron chi connectivity index (χ2n) is 9.54. The van der Waals surface area contributed by atoms with Crippen molar-refractivity contribution in [2.24, 2.45) is 0 Å². The number of rotatable bonds is 12. The first-order chi connectivity index (χ1) is 20.5. The van der Waals surface area contributed by atoms with E-state index in [1.807, 2.05) is 0 Å². The summed E-state index contributed by atoms with van der Waals surface area (Å²) in [6, 6.07) is 0. The molecule has 0 radical (unpaired) electrons. The highest BCUT2D eigenvalue weighted by Gasteiger charge is 2.66. The van der Waals surface area contributed by atoms with Gasteiger partial charge in [-0.2, -0.15) is 0 Å². The Labute approximate surface area is 251 Å². The second-order valence-corrected chi connectivity index (χ2v) is 13.9. The van der Waals surface area contributed by atoms with Crippen molar-refractivity contribution in [3.63, 3.8) is 0 Å². The minimum Gasteiger partial charge on any atom is -0.393 e. The summed E-state index contributed by atoms with van der Waals surface area (Å²) in [5.74, 6) is -3.31. The molecule has 4 rings (SSSR count). The van der Waals surface area contributed by atoms with Gasteiger partial charge in [0.2, 0.25) is 0 Å². The van der Waals surface area contributed by atoms with E-state index in [0.29, 0.717) is 0 Å². The Morgan fingerprint density at radius 1 is 1.25 bits per heavy atom. The third-order valence-corrected chi connectivity index (χ3v) is 10.3. The molecule has 2 aliphatic heterocycles. The van der Waals surface area contributed by atoms with Crippen LogP contribution in [0, 0.1) is 0 Å². The monoisotopic (exact) mass is 695 g/mol. The molecule has 0 saturated carbocycles. The first-order valence-electron chi connectivity index (χ1n) is 12.3. The number of halogens is 2. The van der Waals surface area contributed by atoms with Crippen LogP contribution in [0.2, 0.25) is 0 Å². The molecule has 2 fully saturated rings. The van der Waals surface area contributed by atoms with Crippen LogP contribution in [0.15, 0.2) is 25.3 Å². The number of aliphatic hydroxyl groups is 5. The van der Waals surface area contributed by atoms with Gasteiger partial charge >= 0.3 is 14.5 Å². The van der Waals surface area contributed by atoms with Crippen molar-refractivity contribution in [3.05, 3.63) is 25.3 Å². The number of nitrogens with zero attached hydrogens (tertiary/aromatic N) is 4. The molecule has 0 amide bonds. The molecule has 0 spiro atoms. The van der Waals surface area contributed by atoms with E-state index in [1.54, 1.807) is 0 Å². The number of anilines is 1. The predicted molar refractivity (Wildman–Crippen MR) is 143 cm³/mol. The van der Waals surface area contributed by atoms with Gasteiger partial charge in [0.15, 0.2) is 41.9 Å². The van der Waals surface area contributed by atoms with Gasteiger partial charge in [0, 0.05) is 7.11 Å². The molecule has 12 atom stereocenters. The zero-order valence-electron chi connectivity index (χ0n) is 22.4. The van der Waals surface area contributed by atoms with Crippen LogP contribution in [0.3, 0.4) is 0 Å². The van der Waals surface area contributed by atoms with E-state index in [-0.39, 0.29) is 17.0 Å². The third kappa shape index (κ3) is 6.45. The number of imidazole rings is 1. The highest BCUT2D eigenvalue weighted by molar-refractivity contribution is 8.08. The first kappa shape index (κ1) is 35.2. The number of fused-ring (bicyclic) bond motifs is 1. The van der Waals surface area contributed by atoms with Crippen LogP contribution >= 0.6 is 14.5 Å². The van der Waals surface area contributed by atoms with Gasteiger partial charge in [-0.15, -0.1) is 0 Å². The van der Waals surface area contributed by atoms with E-state index in [9.17, 15) is 39.2 Å². The van der Waals surface area contributed by atoms with Crippen LogP contribution in [0.25, 0.3) is 11.2 Å². The Morgan fingerprint density at radius 3 is 2.55 bits per heavy atom. The summed E-state index contributed by atoms with van der Waals surface area (Å²) in [7, 11) is -4.55. The quantitative estimate of drug-likeness (QED) is 0.0883. The fourth-order valence-electron chi connectivity index (χ4n) is 4.59. The summed E-state index contributed by atoms with van der Waals surface area (Å²) in [4.78, 5) is 32.4. The van der Waals surface area contributed by atoms with E-state index in [1.165, 1.54) is 0 Å². The number of nitrogens with two attached hydrogens (primary N) is 1. The maximum absolute atomic E-state index is 16.2. The van der Waals surface area contributed by atoms with Crippen molar-refractivity contribution in [2.75, 3.05) is 26.1 Å². The summed E-state index contributed by atoms with van der Waals surface area (Å²) in [5, 5.41) is 49.8. The number of hydrogen-bond donors (Lipinski definition) is 8. The highest BCUT2D eigenvalue weighted by Crippen LogP contribution is 2.62. The standard InChI is InChI=1S/C20H29F2N5O14P2S/c1-3-19(36-2)17(32)20(22,39-18(19)27-7-26-9-14(23)24-6-25-15(9)27)5-37-43(35,44)41-42(33,34)40-16-12(31)10(29)11(30)13(38-16)8(21)4-28/h3,6-8,10-13,16-18,28-32H,1,4-5H2,2H3,(H,33,34)(H,35,44)(H2,23,24,25)/t8-,10?,11?,12?,13?,16?,17-,18+,19+,20+,43?/m0/s1. The van der Waals surface area contributed by atoms with Gasteiger partial charge in [0.05, 0.1) is 12.9 Å². The molecule has 19 nitrogen and oxygen atoms in total. The normalized spacial score (nSPS) is 37.8. The number of alkyl halides is 2. The number of methoxy groups -OCH3 is 1. The maximum atomic E-state index is 16.2. The van der Waals surface area contributed by atoms with Crippen molar-refractivity contribution in [1.29, 1.82) is 0 Å². The zero-order chi connectivity index (χ0) is 32.8. The van der Waals surface area contributed by atoms with Gasteiger partial charge in [-0.25, -0.2) is 32.6 Å². The number of hydrogen-bond acceptors (Lipinski definition) is 17. The van der Waals surface area contributed by atoms with Crippen LogP contribution in [-0.4, -0.2) is 130 Å². The average Bonchev–Trinajstić information content (AvgIpc) is 3.49. The molecule has 9 N–H and O–H groups in total. The molecule has 24 heteroatoms. The minimum atomic E-state index is -5.65. The summed E-state index contributed by atoms with van der Waals surface area (Å²) >= 11 is 4.66. The van der Waals surface area contributed by atoms with Crippen LogP contribution in [0.5, 0.6) is 0 Å². The molecule has 0 aliphatic carbocycles. The third-order valence-electron chi connectivity index (χ3n) is 6.85. The Morgan fingerprint density at radius 2 is 1.93 bits per heavy atom. The number of aromatic nitrogens is 4. The van der Waals surface area contributed by atoms with E-state index in [0.717, 1.165) is 30.4 Å². The van der Waals surface area contributed by atoms with Crippen molar-refractivity contribution >= 4 is 43.3 Å². The molecule has 4 heterocycles. The summed E-state index contributed by atoms with van der Waals surface area (Å²) < 4.78 is 73.4. The molecule has 2 saturated heterocycles. The van der Waals surface area contributed by atoms with Crippen LogP contribution in [-0.2, 0) is 43.9 Å². The van der Waals surface area contributed by atoms with Crippen molar-refractivity contribution in [1.82, 2.24) is 19.5 Å². The lowest BCUT2D eigenvalue weighted by atomic mass is 9.92. The zero-order valence-corrected chi connectivity index (χ0v) is 25.0. The van der Waals surface area contributed by atoms with Crippen molar-refractivity contribution in [3.8, 4) is 0 Å². The first-order valence-corrected chi connectivity index (χ1v) is 16.4. The smallest absolute Gasteiger partial charge is 0.393 e. The average molecular weight is 695 g/mol. The second kappa shape index (κ2) is 12.8. The molecule has 2 aromatic rings. The van der Waals surface area contributed by atoms with E-state index in [2.05, 4.69) is 42.2 Å². The number of aliphatic hydroxyl groups excluding tert-OH is 5. The predicted octanol–water partition coefficient (Wildman–Crippen LogP) is -1.96. The van der Waals surface area contributed by atoms with Gasteiger partial charge in [0.25, 0.3) is 5.85 Å². The lowest BCUT2D eigenvalue weighted by Gasteiger charge is -2.41. The summed E-state index contributed by atoms with van der Waals surface area (Å²) in [5.41, 5.74) is 3.88. The lowest BCUT2D eigenvalue weighted by Crippen LogP contribution is -2.60. The highest BCUT2D eigenvalue weighted by atomic mass is 32.5. The van der Waals surface area contributed by atoms with Gasteiger partial charge in [-0.1, -0.05) is 12.7 Å². The topological polar surface area (TPSA) is 284 Å². The fraction of sp³-hybridized carbons (Fsp3) is 0.650. The molecule has 2 aliphatic rings. The van der Waals surface area contributed by atoms with E-state index < -0.39 is 88.4 Å². The van der Waals surface area contributed by atoms with Gasteiger partial charge in [-0.05, 0) is 11.8 Å². The van der Waals surface area contributed by atoms with Crippen LogP contribution < -0.4 is 5.73 Å². The molecule has 7 unspecified atom stereocenters. The van der Waals surface area contributed by atoms with E-state index >= 15 is 4.39 Å². The Balaban J connectivity index is 1.50. The number of phosphoric ester groups is 1. The SMILES string of the molecule is C=C[C@]1(OC)[C@H](n2cnc3c(N)ncnc32)O[C@](F)(COP(O)(=S)OP(=O)(O)OC2OC([C@@H](F)CO)C(O)C(O)C2O)[C@H]1O. The molecule has 44 heavy (non-hydrogen) atoms. The molecule has 248 valence electrons. The number of phosphoric acid groups is 1. The maximum Gasteiger partial charge on any atom is 0.481 e. The number of ether oxygens (including phenoxy) is 3. The van der Waals surface area contributed by atoms with Crippen LogP contribution in [0.1, 0.15) is 6.23 Å². The molecular formula is C20H29F2N5O14P2S. The molecule has 0 bridgehead atoms. The van der Waals surface area contributed by atoms with Crippen molar-refractivity contribution in [2.45, 2.75) is 60.7 Å². The van der Waals surface area contributed by atoms with Crippen molar-refractivity contribution < 1.29 is 76.2 Å². The van der Waals surface area contributed by atoms with Gasteiger partial charge in [-0.3, -0.25) is 9.09 Å². The Bertz CT molecular complexity index is 1460. The molecule has 0 aromatic carbocycles. The largest absolute Gasteiger partial charge is 0.481 e. The fourth-order valence-corrected chi connectivity index (χ4v) is 7.67. The molecular weight excluding hydrogens is 666 g/mol. The Hall–Kier alpha value is -1.69. The van der Waals surface area contributed by atoms with Gasteiger partial charge < -0.3 is 59.8 Å². The van der Waals surface area contributed by atoms with Gasteiger partial charge in [0.1, 0.15) is 42.9 Å². The summed E-state index contributed by atoms with van der Waals surface area (Å²) in [6.45, 7) is -4.08. The summed E-state index contributed by atoms with van der Waals surface area (Å²) in [6.07, 6.45) is -13.8. The Kier molecular flexibility index (Phi) is 10.3. The number of nitrogen functional groups attached to an aromatic ring is 1. The minimum absolute atomic E-state index is 0.0252. The van der Waals surface area contributed by atoms with Crippen LogP contribution in [0.4, 0.5) is 14.6 Å². The lowest BCUT2D eigenvalue weighted by molar-refractivity contribution is -0.287.